The summed E-state index contributed by atoms with van der Waals surface area (Å²) in [7, 11) is 0. The number of fused-ring (bicyclic) bond motifs is 4. The van der Waals surface area contributed by atoms with Crippen molar-refractivity contribution >= 4 is 73.7 Å². The van der Waals surface area contributed by atoms with Gasteiger partial charge in [-0.1, -0.05) is 116 Å². The van der Waals surface area contributed by atoms with Gasteiger partial charge in [-0.05, 0) is 74.0 Å². The molecule has 0 saturated carbocycles. The summed E-state index contributed by atoms with van der Waals surface area (Å²) in [6.45, 7) is 12.8. The normalized spacial score (nSPS) is 12.8. The highest BCUT2D eigenvalue weighted by molar-refractivity contribution is 7.10. The van der Waals surface area contributed by atoms with Crippen LogP contribution in [0.4, 0.5) is 0 Å². The summed E-state index contributed by atoms with van der Waals surface area (Å²) in [6, 6.07) is 42.6. The molecule has 9 rings (SSSR count). The van der Waals surface area contributed by atoms with Gasteiger partial charge < -0.3 is 8.98 Å². The monoisotopic (exact) mass is 756 g/mol. The van der Waals surface area contributed by atoms with E-state index in [1.165, 1.54) is 0 Å². The first kappa shape index (κ1) is 35.4. The summed E-state index contributed by atoms with van der Waals surface area (Å²) >= 11 is 1.55. The first-order chi connectivity index (χ1) is 27.9. The maximum absolute atomic E-state index is 6.14. The van der Waals surface area contributed by atoms with Gasteiger partial charge in [0.2, 0.25) is 5.89 Å². The third kappa shape index (κ3) is 6.94. The van der Waals surface area contributed by atoms with Gasteiger partial charge in [-0.3, -0.25) is 0 Å². The molecule has 7 nitrogen and oxygen atoms in total. The van der Waals surface area contributed by atoms with Crippen molar-refractivity contribution in [3.8, 4) is 34.2 Å². The van der Waals surface area contributed by atoms with Gasteiger partial charge in [-0.2, -0.15) is 0 Å². The van der Waals surface area contributed by atoms with Crippen LogP contribution in [0.2, 0.25) is 0 Å². The molecule has 274 valence electrons. The summed E-state index contributed by atoms with van der Waals surface area (Å²) in [6.07, 6.45) is 10.3. The lowest BCUT2D eigenvalue weighted by atomic mass is 10.1. The minimum absolute atomic E-state index is 0.597. The summed E-state index contributed by atoms with van der Waals surface area (Å²) in [5, 5.41) is 3.70. The molecule has 9 aromatic rings. The van der Waals surface area contributed by atoms with E-state index >= 15 is 0 Å². The van der Waals surface area contributed by atoms with Crippen LogP contribution in [0.1, 0.15) is 24.7 Å². The predicted octanol–water partition coefficient (Wildman–Crippen LogP) is 11.0. The lowest BCUT2D eigenvalue weighted by molar-refractivity contribution is 0.620. The first-order valence-electron chi connectivity index (χ1n) is 18.6. The number of nitrogens with zero attached hydrogens (tertiary/aromatic N) is 6. The Balaban J connectivity index is 1.07. The largest absolute Gasteiger partial charge is 0.436 e. The third-order valence-corrected chi connectivity index (χ3v) is 10.8. The van der Waals surface area contributed by atoms with Crippen molar-refractivity contribution in [2.24, 2.45) is 0 Å². The number of rotatable bonds is 9. The molecule has 0 spiro atoms. The van der Waals surface area contributed by atoms with E-state index in [9.17, 15) is 0 Å². The van der Waals surface area contributed by atoms with E-state index in [0.29, 0.717) is 28.7 Å². The van der Waals surface area contributed by atoms with E-state index in [-0.39, 0.29) is 0 Å². The van der Waals surface area contributed by atoms with Crippen molar-refractivity contribution in [1.29, 1.82) is 0 Å². The smallest absolute Gasteiger partial charge is 0.227 e. The molecule has 0 radical (unpaired) electrons. The van der Waals surface area contributed by atoms with E-state index in [2.05, 4.69) is 72.3 Å². The Bertz CT molecular complexity index is 3100. The molecule has 4 aromatic heterocycles. The summed E-state index contributed by atoms with van der Waals surface area (Å²) < 4.78 is 9.33. The SMILES string of the molecule is C=C(/C=C(\C=C/C)n1c2ccccc2c2cc(-c3nc4ccccc4o3)ccc21)c1nc(=C)/c(=C\C=C(/C)c2nc(-c3ccccc3)nc(-c3ccccc3)n2)s1. The highest BCUT2D eigenvalue weighted by Crippen LogP contribution is 2.36. The van der Waals surface area contributed by atoms with E-state index < -0.39 is 0 Å². The number of para-hydroxylation sites is 3. The minimum atomic E-state index is 0.597. The predicted molar refractivity (Wildman–Crippen MR) is 236 cm³/mol. The fourth-order valence-corrected chi connectivity index (χ4v) is 7.72. The highest BCUT2D eigenvalue weighted by Gasteiger charge is 2.17. The van der Waals surface area contributed by atoms with Crippen molar-refractivity contribution in [1.82, 2.24) is 29.5 Å². The summed E-state index contributed by atoms with van der Waals surface area (Å²) in [5.74, 6) is 2.44. The Morgan fingerprint density at radius 1 is 0.702 bits per heavy atom. The maximum atomic E-state index is 6.14. The average Bonchev–Trinajstić information content (AvgIpc) is 3.96. The van der Waals surface area contributed by atoms with E-state index in [1.54, 1.807) is 11.3 Å². The zero-order chi connectivity index (χ0) is 38.9. The lowest BCUT2D eigenvalue weighted by Gasteiger charge is -2.10. The fraction of sp³-hybridized carbons (Fsp3) is 0.0408. The number of hydrogen-bond acceptors (Lipinski definition) is 7. The van der Waals surface area contributed by atoms with Crippen LogP contribution in [0.25, 0.3) is 96.6 Å². The molecule has 0 fully saturated rings. The number of allylic oxidation sites excluding steroid dienone is 7. The van der Waals surface area contributed by atoms with Crippen LogP contribution in [-0.4, -0.2) is 29.5 Å². The van der Waals surface area contributed by atoms with Crippen LogP contribution in [0.15, 0.2) is 163 Å². The zero-order valence-corrected chi connectivity index (χ0v) is 32.2. The van der Waals surface area contributed by atoms with Gasteiger partial charge in [0.25, 0.3) is 0 Å². The van der Waals surface area contributed by atoms with E-state index in [1.807, 2.05) is 117 Å². The van der Waals surface area contributed by atoms with Crippen molar-refractivity contribution in [3.63, 3.8) is 0 Å². The van der Waals surface area contributed by atoms with Crippen LogP contribution in [0, 0.1) is 0 Å². The second kappa shape index (κ2) is 15.1. The second-order valence-electron chi connectivity index (χ2n) is 13.6. The molecule has 0 atom stereocenters. The van der Waals surface area contributed by atoms with E-state index in [0.717, 1.165) is 76.0 Å². The molecule has 0 aliphatic heterocycles. The van der Waals surface area contributed by atoms with Gasteiger partial charge in [0.05, 0.1) is 20.9 Å². The Labute approximate surface area is 333 Å². The highest BCUT2D eigenvalue weighted by atomic mass is 32.1. The van der Waals surface area contributed by atoms with Crippen LogP contribution >= 0.6 is 11.3 Å². The Kier molecular flexibility index (Phi) is 9.38. The number of benzene rings is 5. The molecule has 8 heteroatoms. The molecule has 4 heterocycles. The molecular weight excluding hydrogens is 721 g/mol. The Hall–Kier alpha value is -7.29. The average molecular weight is 757 g/mol. The number of oxazole rings is 1. The van der Waals surface area contributed by atoms with Crippen molar-refractivity contribution < 1.29 is 4.42 Å². The molecule has 0 aliphatic rings. The van der Waals surface area contributed by atoms with Gasteiger partial charge in [0, 0.05) is 38.7 Å². The quantitative estimate of drug-likeness (QED) is 0.136. The van der Waals surface area contributed by atoms with Gasteiger partial charge in [-0.15, -0.1) is 11.3 Å². The molecule has 0 aliphatic carbocycles. The second-order valence-corrected chi connectivity index (χ2v) is 14.6. The number of hydrogen-bond donors (Lipinski definition) is 0. The minimum Gasteiger partial charge on any atom is -0.436 e. The maximum Gasteiger partial charge on any atom is 0.227 e. The van der Waals surface area contributed by atoms with Crippen LogP contribution in [0.5, 0.6) is 0 Å². The standard InChI is InChI=1S/C49H36N6OS/c1-5-16-37(55-41-23-14-12-21-38(41)39-30-36(26-27-42(39)55)48-51-40-22-13-15-24-43(40)56-48)29-32(3)49-50-33(4)44(57-49)28-25-31(2)45-52-46(34-17-8-6-9-18-34)54-47(53-45)35-19-10-7-11-20-35/h5-30H,3-4H2,1-2H3/b16-5-,31-25+,37-29+,44-28+. The molecule has 0 unspecified atom stereocenters. The van der Waals surface area contributed by atoms with E-state index in [4.69, 9.17) is 29.3 Å². The molecule has 0 saturated heterocycles. The Morgan fingerprint density at radius 2 is 1.37 bits per heavy atom. The zero-order valence-electron chi connectivity index (χ0n) is 31.4. The summed E-state index contributed by atoms with van der Waals surface area (Å²) in [4.78, 5) is 24.2. The number of aromatic nitrogens is 6. The van der Waals surface area contributed by atoms with Crippen molar-refractivity contribution in [2.45, 2.75) is 13.8 Å². The topological polar surface area (TPSA) is 82.5 Å². The van der Waals surface area contributed by atoms with Gasteiger partial charge in [-0.25, -0.2) is 24.9 Å². The molecular formula is C49H36N6OS. The molecule has 0 amide bonds. The van der Waals surface area contributed by atoms with Crippen LogP contribution in [-0.2, 0) is 0 Å². The Morgan fingerprint density at radius 3 is 2.09 bits per heavy atom. The lowest BCUT2D eigenvalue weighted by Crippen LogP contribution is -2.18. The van der Waals surface area contributed by atoms with Crippen LogP contribution in [0.3, 0.4) is 0 Å². The molecule has 57 heavy (non-hydrogen) atoms. The van der Waals surface area contributed by atoms with Crippen molar-refractivity contribution in [3.05, 3.63) is 179 Å². The molecule has 0 N–H and O–H groups in total. The molecule has 0 bridgehead atoms. The van der Waals surface area contributed by atoms with Gasteiger partial charge in [0.15, 0.2) is 23.1 Å². The number of thiazole rings is 1. The van der Waals surface area contributed by atoms with Gasteiger partial charge in [0.1, 0.15) is 10.5 Å². The summed E-state index contributed by atoms with van der Waals surface area (Å²) in [5.41, 5.74) is 9.15. The third-order valence-electron chi connectivity index (χ3n) is 9.67. The first-order valence-corrected chi connectivity index (χ1v) is 19.4. The molecule has 5 aromatic carbocycles. The van der Waals surface area contributed by atoms with Gasteiger partial charge >= 0.3 is 0 Å². The fourth-order valence-electron chi connectivity index (χ4n) is 6.87. The van der Waals surface area contributed by atoms with Crippen molar-refractivity contribution in [2.75, 3.05) is 0 Å². The van der Waals surface area contributed by atoms with Crippen LogP contribution < -0.4 is 9.88 Å².